The van der Waals surface area contributed by atoms with E-state index in [4.69, 9.17) is 0 Å². The van der Waals surface area contributed by atoms with E-state index in [1.807, 2.05) is 51.1 Å². The Morgan fingerprint density at radius 2 is 1.39 bits per heavy atom. The van der Waals surface area contributed by atoms with Crippen molar-refractivity contribution in [1.82, 2.24) is 0 Å². The first-order valence-corrected chi connectivity index (χ1v) is 15.3. The van der Waals surface area contributed by atoms with E-state index in [1.54, 1.807) is 0 Å². The summed E-state index contributed by atoms with van der Waals surface area (Å²) in [5.74, 6) is -0.0841. The minimum atomic E-state index is -0.0841. The largest absolute Gasteiger partial charge is 0.314 e. The van der Waals surface area contributed by atoms with E-state index in [-0.39, 0.29) is 5.92 Å². The highest BCUT2D eigenvalue weighted by Crippen LogP contribution is 2.32. The fourth-order valence-electron chi connectivity index (χ4n) is 5.22. The average Bonchev–Trinajstić information content (AvgIpc) is 3.31. The lowest BCUT2D eigenvalue weighted by atomic mass is 9.94. The van der Waals surface area contributed by atoms with E-state index in [9.17, 15) is 10.5 Å². The van der Waals surface area contributed by atoms with Crippen LogP contribution in [0.15, 0.2) is 150 Å². The van der Waals surface area contributed by atoms with Crippen LogP contribution in [-0.4, -0.2) is 0 Å². The number of hydrogen-bond donors (Lipinski definition) is 0. The molecule has 0 saturated heterocycles. The molecular formula is C41H39N3. The maximum atomic E-state index is 9.97. The molecule has 0 radical (unpaired) electrons. The van der Waals surface area contributed by atoms with Gasteiger partial charge in [0.1, 0.15) is 0 Å². The Hall–Kier alpha value is -5.38. The van der Waals surface area contributed by atoms with Gasteiger partial charge >= 0.3 is 0 Å². The van der Waals surface area contributed by atoms with Gasteiger partial charge in [0.05, 0.1) is 12.1 Å². The van der Waals surface area contributed by atoms with Gasteiger partial charge in [0.15, 0.2) is 0 Å². The number of anilines is 2. The van der Waals surface area contributed by atoms with Crippen LogP contribution in [0, 0.1) is 35.5 Å². The highest BCUT2D eigenvalue weighted by Gasteiger charge is 2.14. The van der Waals surface area contributed by atoms with Crippen molar-refractivity contribution < 1.29 is 0 Å². The summed E-state index contributed by atoms with van der Waals surface area (Å²) in [7, 11) is 0. The summed E-state index contributed by atoms with van der Waals surface area (Å²) in [5, 5.41) is 21.6. The van der Waals surface area contributed by atoms with E-state index in [2.05, 4.69) is 127 Å². The molecule has 0 fully saturated rings. The van der Waals surface area contributed by atoms with Gasteiger partial charge < -0.3 is 4.90 Å². The van der Waals surface area contributed by atoms with Crippen LogP contribution in [0.2, 0.25) is 0 Å². The predicted octanol–water partition coefficient (Wildman–Crippen LogP) is 9.06. The number of hydrogen-bond acceptors (Lipinski definition) is 3. The first-order chi connectivity index (χ1) is 21.6. The Morgan fingerprint density at radius 3 is 2.09 bits per heavy atom. The molecule has 0 aliphatic heterocycles. The fraction of sp³-hybridized carbons (Fsp3) is 0.171. The second-order valence-corrected chi connectivity index (χ2v) is 10.5. The van der Waals surface area contributed by atoms with Gasteiger partial charge in [0.25, 0.3) is 0 Å². The number of aryl methyl sites for hydroxylation is 1. The van der Waals surface area contributed by atoms with E-state index >= 15 is 0 Å². The Kier molecular flexibility index (Phi) is 11.3. The lowest BCUT2D eigenvalue weighted by molar-refractivity contribution is 0.963. The number of allylic oxidation sites excluding steroid dienone is 11. The quantitative estimate of drug-likeness (QED) is 0.306. The van der Waals surface area contributed by atoms with E-state index < -0.39 is 0 Å². The number of rotatable bonds is 5. The summed E-state index contributed by atoms with van der Waals surface area (Å²) < 4.78 is 0. The monoisotopic (exact) mass is 573 g/mol. The maximum absolute atomic E-state index is 9.97. The van der Waals surface area contributed by atoms with Gasteiger partial charge in [-0.05, 0) is 58.8 Å². The summed E-state index contributed by atoms with van der Waals surface area (Å²) in [4.78, 5) is 2.31. The van der Waals surface area contributed by atoms with Gasteiger partial charge in [-0.15, -0.1) is 0 Å². The maximum Gasteiger partial charge on any atom is 0.0959 e. The SMILES string of the molecule is CC.Cc1ccc(N(C2=CC=C(C=CC3=C/C/C(C#N)=c4/cccc/c4=C(\C#N)C(C)/C=C\3)C=CC2)c2ccccc2)cc1. The molecule has 2 aliphatic carbocycles. The van der Waals surface area contributed by atoms with Crippen LogP contribution in [0.5, 0.6) is 0 Å². The van der Waals surface area contributed by atoms with Crippen molar-refractivity contribution >= 4 is 22.5 Å². The average molecular weight is 574 g/mol. The lowest BCUT2D eigenvalue weighted by Crippen LogP contribution is -2.30. The molecule has 1 unspecified atom stereocenters. The second kappa shape index (κ2) is 15.7. The Morgan fingerprint density at radius 1 is 0.727 bits per heavy atom. The number of benzene rings is 3. The third-order valence-electron chi connectivity index (χ3n) is 7.54. The topological polar surface area (TPSA) is 50.8 Å². The molecule has 5 rings (SSSR count). The van der Waals surface area contributed by atoms with Crippen molar-refractivity contribution in [2.75, 3.05) is 4.90 Å². The molecule has 3 aromatic rings. The van der Waals surface area contributed by atoms with Crippen LogP contribution in [-0.2, 0) is 0 Å². The Labute approximate surface area is 262 Å². The zero-order chi connectivity index (χ0) is 31.3. The molecule has 0 saturated carbocycles. The van der Waals surface area contributed by atoms with E-state index in [0.29, 0.717) is 17.6 Å². The molecule has 218 valence electrons. The minimum absolute atomic E-state index is 0.0841. The Bertz CT molecular complexity index is 1850. The summed E-state index contributed by atoms with van der Waals surface area (Å²) in [5.41, 5.74) is 8.08. The van der Waals surface area contributed by atoms with Crippen LogP contribution >= 0.6 is 0 Å². The lowest BCUT2D eigenvalue weighted by Gasteiger charge is -2.27. The molecule has 0 spiro atoms. The predicted molar refractivity (Wildman–Crippen MR) is 185 cm³/mol. The molecule has 3 heteroatoms. The molecule has 0 aromatic heterocycles. The standard InChI is InChI=1S/C39H33N3.C2H6/c1-29-15-24-36(25-16-29)42(34-10-4-3-5-11-34)35-12-8-9-31(22-26-35)19-20-32-18-17-30(2)39(28-41)38-14-7-6-13-37(38)33(27-40)23-21-32;1-2/h3-11,13-22,24-26,30H,12,23H2,1-2H3;1-2H3/b18-17-,20-19?,32-21+,37-33+,39-38-;. The highest BCUT2D eigenvalue weighted by atomic mass is 15.1. The van der Waals surface area contributed by atoms with Gasteiger partial charge in [0.2, 0.25) is 0 Å². The van der Waals surface area contributed by atoms with Gasteiger partial charge in [-0.3, -0.25) is 0 Å². The normalized spacial score (nSPS) is 20.6. The van der Waals surface area contributed by atoms with E-state index in [0.717, 1.165) is 39.4 Å². The summed E-state index contributed by atoms with van der Waals surface area (Å²) in [6.07, 6.45) is 20.4. The van der Waals surface area contributed by atoms with Crippen molar-refractivity contribution in [2.45, 2.75) is 40.5 Å². The third-order valence-corrected chi connectivity index (χ3v) is 7.54. The summed E-state index contributed by atoms with van der Waals surface area (Å²) >= 11 is 0. The molecule has 1 atom stereocenters. The molecule has 0 N–H and O–H groups in total. The molecule has 0 amide bonds. The van der Waals surface area contributed by atoms with Gasteiger partial charge in [-0.2, -0.15) is 10.5 Å². The molecule has 2 aliphatic rings. The number of nitrogens with zero attached hydrogens (tertiary/aromatic N) is 3. The minimum Gasteiger partial charge on any atom is -0.314 e. The molecular weight excluding hydrogens is 534 g/mol. The second-order valence-electron chi connectivity index (χ2n) is 10.5. The summed E-state index contributed by atoms with van der Waals surface area (Å²) in [6, 6.07) is 31.6. The van der Waals surface area contributed by atoms with Gasteiger partial charge in [-0.25, -0.2) is 0 Å². The summed E-state index contributed by atoms with van der Waals surface area (Å²) in [6.45, 7) is 8.13. The van der Waals surface area contributed by atoms with Gasteiger partial charge in [0, 0.05) is 47.0 Å². The smallest absolute Gasteiger partial charge is 0.0959 e. The fourth-order valence-corrected chi connectivity index (χ4v) is 5.22. The molecule has 3 aromatic carbocycles. The first kappa shape index (κ1) is 31.6. The highest BCUT2D eigenvalue weighted by molar-refractivity contribution is 5.70. The molecule has 0 bridgehead atoms. The van der Waals surface area contributed by atoms with Crippen molar-refractivity contribution in [3.63, 3.8) is 0 Å². The van der Waals surface area contributed by atoms with Crippen LogP contribution in [0.4, 0.5) is 11.4 Å². The van der Waals surface area contributed by atoms with Crippen LogP contribution in [0.25, 0.3) is 11.1 Å². The third kappa shape index (κ3) is 7.71. The zero-order valence-electron chi connectivity index (χ0n) is 26.0. The number of para-hydroxylation sites is 1. The van der Waals surface area contributed by atoms with Crippen molar-refractivity contribution in [1.29, 1.82) is 10.5 Å². The molecule has 3 nitrogen and oxygen atoms in total. The van der Waals surface area contributed by atoms with Crippen molar-refractivity contribution in [3.05, 3.63) is 166 Å². The number of fused-ring (bicyclic) bond motifs is 1. The van der Waals surface area contributed by atoms with Gasteiger partial charge in [-0.1, -0.05) is 130 Å². The first-order valence-electron chi connectivity index (χ1n) is 15.3. The molecule has 0 heterocycles. The van der Waals surface area contributed by atoms with Crippen LogP contribution in [0.1, 0.15) is 39.2 Å². The zero-order valence-corrected chi connectivity index (χ0v) is 26.0. The number of nitriles is 2. The van der Waals surface area contributed by atoms with Crippen molar-refractivity contribution in [3.8, 4) is 12.1 Å². The van der Waals surface area contributed by atoms with Crippen molar-refractivity contribution in [2.24, 2.45) is 5.92 Å². The molecule has 44 heavy (non-hydrogen) atoms. The van der Waals surface area contributed by atoms with E-state index in [1.165, 1.54) is 11.3 Å². The van der Waals surface area contributed by atoms with Crippen LogP contribution < -0.4 is 15.3 Å². The Balaban J connectivity index is 0.00000216. The van der Waals surface area contributed by atoms with Crippen LogP contribution in [0.3, 0.4) is 0 Å².